The Kier molecular flexibility index (Phi) is 6.61. The summed E-state index contributed by atoms with van der Waals surface area (Å²) >= 11 is 1.66. The molecule has 3 aromatic carbocycles. The molecule has 2 N–H and O–H groups in total. The van der Waals surface area contributed by atoms with Crippen molar-refractivity contribution in [3.8, 4) is 23.0 Å². The number of thioether (sulfide) groups is 1. The van der Waals surface area contributed by atoms with Crippen molar-refractivity contribution in [2.75, 3.05) is 19.7 Å². The minimum atomic E-state index is -0.217. The molecule has 5 nitrogen and oxygen atoms in total. The van der Waals surface area contributed by atoms with Gasteiger partial charge in [0.25, 0.3) is 0 Å². The van der Waals surface area contributed by atoms with E-state index in [1.807, 2.05) is 30.3 Å². The minimum Gasteiger partial charge on any atom is -0.508 e. The number of likely N-dealkylation sites (tertiary alicyclic amines) is 1. The van der Waals surface area contributed by atoms with E-state index in [0.29, 0.717) is 12.6 Å². The third-order valence-electron chi connectivity index (χ3n) is 6.71. The lowest BCUT2D eigenvalue weighted by Gasteiger charge is -2.34. The second kappa shape index (κ2) is 9.80. The average Bonchev–Trinajstić information content (AvgIpc) is 3.29. The topological polar surface area (TPSA) is 62.2 Å². The molecule has 178 valence electrons. The number of hydrogen-bond donors (Lipinski definition) is 2. The van der Waals surface area contributed by atoms with Crippen molar-refractivity contribution >= 4 is 11.8 Å². The van der Waals surface area contributed by atoms with Gasteiger partial charge in [0.15, 0.2) is 0 Å². The molecule has 2 aliphatic heterocycles. The maximum atomic E-state index is 9.95. The SMILES string of the molecule is CC1CCN(C(C)COc2ccc(C3Oc4ccc(O)cc4SC3c3ccc(O)cc3)cc2)C1. The zero-order valence-electron chi connectivity index (χ0n) is 19.6. The maximum absolute atomic E-state index is 9.95. The van der Waals surface area contributed by atoms with Crippen molar-refractivity contribution < 1.29 is 19.7 Å². The van der Waals surface area contributed by atoms with Gasteiger partial charge < -0.3 is 19.7 Å². The second-order valence-electron chi connectivity index (χ2n) is 9.42. The van der Waals surface area contributed by atoms with E-state index in [4.69, 9.17) is 9.47 Å². The van der Waals surface area contributed by atoms with E-state index in [1.54, 1.807) is 36.0 Å². The Hall–Kier alpha value is -2.83. The summed E-state index contributed by atoms with van der Waals surface area (Å²) in [5.41, 5.74) is 2.11. The van der Waals surface area contributed by atoms with E-state index in [-0.39, 0.29) is 22.9 Å². The highest BCUT2D eigenvalue weighted by atomic mass is 32.2. The monoisotopic (exact) mass is 477 g/mol. The van der Waals surface area contributed by atoms with Crippen molar-refractivity contribution in [1.82, 2.24) is 4.90 Å². The van der Waals surface area contributed by atoms with E-state index in [1.165, 1.54) is 6.42 Å². The standard InChI is InChI=1S/C28H31NO4S/c1-18-13-14-29(16-18)19(2)17-32-24-10-5-20(6-11-24)27-28(21-3-7-22(30)8-4-21)34-26-15-23(31)9-12-25(26)33-27/h3-12,15,18-19,27-28,30-31H,13-14,16-17H2,1-2H3. The van der Waals surface area contributed by atoms with Crippen LogP contribution in [0.25, 0.3) is 0 Å². The maximum Gasteiger partial charge on any atom is 0.140 e. The van der Waals surface area contributed by atoms with Crippen LogP contribution in [0.1, 0.15) is 42.7 Å². The first-order valence-corrected chi connectivity index (χ1v) is 12.8. The lowest BCUT2D eigenvalue weighted by molar-refractivity contribution is 0.168. The summed E-state index contributed by atoms with van der Waals surface area (Å²) in [4.78, 5) is 3.41. The number of benzene rings is 3. The van der Waals surface area contributed by atoms with Crippen LogP contribution in [0.2, 0.25) is 0 Å². The molecular formula is C28H31NO4S. The highest BCUT2D eigenvalue weighted by Gasteiger charge is 2.33. The fourth-order valence-corrected chi connectivity index (χ4v) is 6.00. The van der Waals surface area contributed by atoms with E-state index >= 15 is 0 Å². The molecule has 34 heavy (non-hydrogen) atoms. The molecule has 0 aliphatic carbocycles. The van der Waals surface area contributed by atoms with Crippen LogP contribution in [0.3, 0.4) is 0 Å². The van der Waals surface area contributed by atoms with Crippen LogP contribution in [0.5, 0.6) is 23.0 Å². The van der Waals surface area contributed by atoms with E-state index in [0.717, 1.165) is 46.5 Å². The molecule has 2 heterocycles. The van der Waals surface area contributed by atoms with Crippen LogP contribution >= 0.6 is 11.8 Å². The molecule has 0 radical (unpaired) electrons. The fraction of sp³-hybridized carbons (Fsp3) is 0.357. The lowest BCUT2D eigenvalue weighted by atomic mass is 10.00. The Morgan fingerprint density at radius 1 is 1.00 bits per heavy atom. The first-order chi connectivity index (χ1) is 16.5. The van der Waals surface area contributed by atoms with Gasteiger partial charge in [-0.3, -0.25) is 4.90 Å². The predicted molar refractivity (Wildman–Crippen MR) is 135 cm³/mol. The minimum absolute atomic E-state index is 0.0288. The Bertz CT molecular complexity index is 1120. The molecule has 3 aromatic rings. The molecule has 4 atom stereocenters. The molecule has 2 aliphatic rings. The molecule has 5 rings (SSSR count). The number of fused-ring (bicyclic) bond motifs is 1. The molecular weight excluding hydrogens is 446 g/mol. The highest BCUT2D eigenvalue weighted by molar-refractivity contribution is 7.99. The van der Waals surface area contributed by atoms with Crippen LogP contribution in [-0.4, -0.2) is 40.9 Å². The number of aromatic hydroxyl groups is 2. The fourth-order valence-electron chi connectivity index (χ4n) is 4.68. The number of phenols is 2. The number of ether oxygens (including phenoxy) is 2. The van der Waals surface area contributed by atoms with E-state index < -0.39 is 0 Å². The van der Waals surface area contributed by atoms with Gasteiger partial charge in [-0.1, -0.05) is 31.2 Å². The summed E-state index contributed by atoms with van der Waals surface area (Å²) in [5.74, 6) is 2.84. The van der Waals surface area contributed by atoms with Crippen LogP contribution in [-0.2, 0) is 0 Å². The predicted octanol–water partition coefficient (Wildman–Crippen LogP) is 6.17. The van der Waals surface area contributed by atoms with Gasteiger partial charge in [0.05, 0.1) is 10.1 Å². The van der Waals surface area contributed by atoms with Gasteiger partial charge in [0.1, 0.15) is 35.7 Å². The Balaban J connectivity index is 1.33. The second-order valence-corrected chi connectivity index (χ2v) is 10.6. The van der Waals surface area contributed by atoms with Crippen molar-refractivity contribution in [2.24, 2.45) is 5.92 Å². The molecule has 0 saturated carbocycles. The van der Waals surface area contributed by atoms with Gasteiger partial charge >= 0.3 is 0 Å². The summed E-state index contributed by atoms with van der Waals surface area (Å²) in [6, 6.07) is 21.0. The van der Waals surface area contributed by atoms with Gasteiger partial charge in [-0.15, -0.1) is 11.8 Å². The van der Waals surface area contributed by atoms with Gasteiger partial charge in [-0.2, -0.15) is 0 Å². The van der Waals surface area contributed by atoms with Crippen molar-refractivity contribution in [1.29, 1.82) is 0 Å². The Morgan fingerprint density at radius 2 is 1.71 bits per heavy atom. The molecule has 0 spiro atoms. The molecule has 0 amide bonds. The number of rotatable bonds is 6. The van der Waals surface area contributed by atoms with Crippen LogP contribution in [0, 0.1) is 5.92 Å². The molecule has 4 unspecified atom stereocenters. The Labute approximate surface area is 205 Å². The molecule has 6 heteroatoms. The van der Waals surface area contributed by atoms with Crippen LogP contribution in [0.15, 0.2) is 71.6 Å². The average molecular weight is 478 g/mol. The lowest BCUT2D eigenvalue weighted by Crippen LogP contribution is -2.35. The van der Waals surface area contributed by atoms with Crippen LogP contribution < -0.4 is 9.47 Å². The molecule has 1 saturated heterocycles. The third kappa shape index (κ3) is 4.98. The van der Waals surface area contributed by atoms with Crippen molar-refractivity contribution in [3.05, 3.63) is 77.9 Å². The summed E-state index contributed by atoms with van der Waals surface area (Å²) in [7, 11) is 0. The number of phenolic OH excluding ortho intramolecular Hbond substituents is 2. The van der Waals surface area contributed by atoms with Gasteiger partial charge in [-0.05, 0) is 79.4 Å². The quantitative estimate of drug-likeness (QED) is 0.442. The summed E-state index contributed by atoms with van der Waals surface area (Å²) < 4.78 is 12.6. The summed E-state index contributed by atoms with van der Waals surface area (Å²) in [5, 5.41) is 19.7. The Morgan fingerprint density at radius 3 is 2.41 bits per heavy atom. The zero-order chi connectivity index (χ0) is 23.7. The number of nitrogens with zero attached hydrogens (tertiary/aromatic N) is 1. The summed E-state index contributed by atoms with van der Waals surface area (Å²) in [6.07, 6.45) is 1.05. The van der Waals surface area contributed by atoms with Crippen molar-refractivity contribution in [2.45, 2.75) is 42.6 Å². The highest BCUT2D eigenvalue weighted by Crippen LogP contribution is 2.54. The first kappa shape index (κ1) is 22.9. The zero-order valence-corrected chi connectivity index (χ0v) is 20.4. The van der Waals surface area contributed by atoms with Crippen LogP contribution in [0.4, 0.5) is 0 Å². The first-order valence-electron chi connectivity index (χ1n) is 11.9. The third-order valence-corrected chi connectivity index (χ3v) is 8.06. The molecule has 0 aromatic heterocycles. The molecule has 0 bridgehead atoms. The largest absolute Gasteiger partial charge is 0.508 e. The van der Waals surface area contributed by atoms with Gasteiger partial charge in [-0.25, -0.2) is 0 Å². The normalized spacial score (nSPS) is 23.2. The van der Waals surface area contributed by atoms with E-state index in [2.05, 4.69) is 30.9 Å². The van der Waals surface area contributed by atoms with E-state index in [9.17, 15) is 10.2 Å². The van der Waals surface area contributed by atoms with Gasteiger partial charge in [0, 0.05) is 12.6 Å². The number of hydrogen-bond acceptors (Lipinski definition) is 6. The van der Waals surface area contributed by atoms with Gasteiger partial charge in [0.2, 0.25) is 0 Å². The molecule has 1 fully saturated rings. The smallest absolute Gasteiger partial charge is 0.140 e. The summed E-state index contributed by atoms with van der Waals surface area (Å²) in [6.45, 7) is 7.52. The van der Waals surface area contributed by atoms with Crippen molar-refractivity contribution in [3.63, 3.8) is 0 Å².